The Bertz CT molecular complexity index is 451. The monoisotopic (exact) mass is 263 g/mol. The van der Waals surface area contributed by atoms with Gasteiger partial charge in [0.15, 0.2) is 0 Å². The first kappa shape index (κ1) is 12.7. The van der Waals surface area contributed by atoms with E-state index in [1.165, 1.54) is 0 Å². The molecule has 1 saturated heterocycles. The van der Waals surface area contributed by atoms with E-state index >= 15 is 0 Å². The number of hydrogen-bond acceptors (Lipinski definition) is 3. The first-order chi connectivity index (χ1) is 9.24. The van der Waals surface area contributed by atoms with Crippen LogP contribution in [0.15, 0.2) is 12.4 Å². The molecule has 0 spiro atoms. The van der Waals surface area contributed by atoms with E-state index in [0.29, 0.717) is 5.92 Å². The molecule has 0 aromatic carbocycles. The minimum atomic E-state index is -0.199. The third-order valence-electron chi connectivity index (χ3n) is 4.16. The Hall–Kier alpha value is -1.36. The predicted octanol–water partition coefficient (Wildman–Crippen LogP) is 1.08. The molecule has 1 aromatic rings. The van der Waals surface area contributed by atoms with Crippen LogP contribution in [-0.4, -0.2) is 46.7 Å². The molecule has 104 valence electrons. The molecule has 1 aromatic heterocycles. The topological polar surface area (TPSA) is 47.4 Å². The number of aryl methyl sites for hydroxylation is 1. The number of imidazole rings is 1. The van der Waals surface area contributed by atoms with Crippen molar-refractivity contribution in [3.63, 3.8) is 0 Å². The lowest BCUT2D eigenvalue weighted by Gasteiger charge is -2.29. The summed E-state index contributed by atoms with van der Waals surface area (Å²) >= 11 is 0. The highest BCUT2D eigenvalue weighted by Gasteiger charge is 2.28. The molecular weight excluding hydrogens is 242 g/mol. The van der Waals surface area contributed by atoms with Crippen molar-refractivity contribution < 1.29 is 9.53 Å². The molecule has 5 nitrogen and oxygen atoms in total. The number of carbonyl (C=O) groups excluding carboxylic acids is 1. The maximum atomic E-state index is 12.2. The molecule has 0 unspecified atom stereocenters. The van der Waals surface area contributed by atoms with Gasteiger partial charge in [0, 0.05) is 45.6 Å². The summed E-state index contributed by atoms with van der Waals surface area (Å²) in [5.41, 5.74) is 0. The molecule has 0 aliphatic carbocycles. The lowest BCUT2D eigenvalue weighted by molar-refractivity contribution is -0.140. The highest BCUT2D eigenvalue weighted by atomic mass is 16.5. The molecule has 1 fully saturated rings. The lowest BCUT2D eigenvalue weighted by atomic mass is 9.97. The molecule has 3 rings (SSSR count). The fourth-order valence-corrected chi connectivity index (χ4v) is 3.07. The number of amides is 1. The van der Waals surface area contributed by atoms with Gasteiger partial charge in [-0.1, -0.05) is 0 Å². The van der Waals surface area contributed by atoms with Crippen LogP contribution in [0.1, 0.15) is 25.1 Å². The van der Waals surface area contributed by atoms with Gasteiger partial charge in [-0.2, -0.15) is 0 Å². The number of rotatable bonds is 3. The molecule has 2 aliphatic heterocycles. The fourth-order valence-electron chi connectivity index (χ4n) is 3.07. The van der Waals surface area contributed by atoms with E-state index in [0.717, 1.165) is 51.2 Å². The first-order valence-corrected chi connectivity index (χ1v) is 7.10. The highest BCUT2D eigenvalue weighted by Crippen LogP contribution is 2.21. The molecule has 1 amide bonds. The van der Waals surface area contributed by atoms with E-state index in [4.69, 9.17) is 4.74 Å². The van der Waals surface area contributed by atoms with Gasteiger partial charge in [-0.15, -0.1) is 0 Å². The van der Waals surface area contributed by atoms with Gasteiger partial charge in [0.05, 0.1) is 0 Å². The number of nitrogens with zero attached hydrogens (tertiary/aromatic N) is 3. The average molecular weight is 263 g/mol. The van der Waals surface area contributed by atoms with Crippen molar-refractivity contribution in [2.45, 2.75) is 38.3 Å². The Morgan fingerprint density at radius 1 is 1.58 bits per heavy atom. The maximum Gasteiger partial charge on any atom is 0.251 e. The summed E-state index contributed by atoms with van der Waals surface area (Å²) in [6.45, 7) is 2.55. The SMILES string of the molecule is CN(C[C@@H]1CCn2ccnc2C1)C(=O)[C@@H]1CCCO1. The zero-order valence-corrected chi connectivity index (χ0v) is 11.4. The van der Waals surface area contributed by atoms with E-state index < -0.39 is 0 Å². The number of ether oxygens (including phenoxy) is 1. The van der Waals surface area contributed by atoms with Gasteiger partial charge in [0.25, 0.3) is 5.91 Å². The lowest BCUT2D eigenvalue weighted by Crippen LogP contribution is -2.40. The quantitative estimate of drug-likeness (QED) is 0.820. The second-order valence-electron chi connectivity index (χ2n) is 5.62. The minimum absolute atomic E-state index is 0.145. The van der Waals surface area contributed by atoms with Crippen LogP contribution in [0, 0.1) is 5.92 Å². The smallest absolute Gasteiger partial charge is 0.251 e. The largest absolute Gasteiger partial charge is 0.368 e. The van der Waals surface area contributed by atoms with E-state index in [1.54, 1.807) is 0 Å². The molecule has 2 atom stereocenters. The van der Waals surface area contributed by atoms with Crippen LogP contribution in [0.3, 0.4) is 0 Å². The number of carbonyl (C=O) groups is 1. The summed E-state index contributed by atoms with van der Waals surface area (Å²) in [6, 6.07) is 0. The maximum absolute atomic E-state index is 12.2. The van der Waals surface area contributed by atoms with E-state index in [-0.39, 0.29) is 12.0 Å². The molecule has 0 bridgehead atoms. The molecular formula is C14H21N3O2. The third kappa shape index (κ3) is 2.66. The van der Waals surface area contributed by atoms with Crippen molar-refractivity contribution in [3.05, 3.63) is 18.2 Å². The second kappa shape index (κ2) is 5.33. The summed E-state index contributed by atoms with van der Waals surface area (Å²) in [6.07, 6.45) is 7.66. The van der Waals surface area contributed by atoms with Crippen molar-refractivity contribution >= 4 is 5.91 Å². The van der Waals surface area contributed by atoms with Crippen molar-refractivity contribution in [2.75, 3.05) is 20.2 Å². The number of likely N-dealkylation sites (N-methyl/N-ethyl adjacent to an activating group) is 1. The fraction of sp³-hybridized carbons (Fsp3) is 0.714. The summed E-state index contributed by atoms with van der Waals surface area (Å²) < 4.78 is 7.67. The average Bonchev–Trinajstić information content (AvgIpc) is 3.08. The Kier molecular flexibility index (Phi) is 3.55. The molecule has 5 heteroatoms. The van der Waals surface area contributed by atoms with E-state index in [1.807, 2.05) is 24.3 Å². The van der Waals surface area contributed by atoms with Gasteiger partial charge in [-0.3, -0.25) is 4.79 Å². The van der Waals surface area contributed by atoms with Gasteiger partial charge >= 0.3 is 0 Å². The Balaban J connectivity index is 1.55. The van der Waals surface area contributed by atoms with Gasteiger partial charge < -0.3 is 14.2 Å². The molecule has 0 N–H and O–H groups in total. The predicted molar refractivity (Wildman–Crippen MR) is 70.6 cm³/mol. The van der Waals surface area contributed by atoms with Gasteiger partial charge in [0.2, 0.25) is 0 Å². The Morgan fingerprint density at radius 2 is 2.47 bits per heavy atom. The number of aromatic nitrogens is 2. The Labute approximate surface area is 113 Å². The van der Waals surface area contributed by atoms with E-state index in [9.17, 15) is 4.79 Å². The number of fused-ring (bicyclic) bond motifs is 1. The molecule has 0 radical (unpaired) electrons. The zero-order valence-electron chi connectivity index (χ0n) is 11.4. The zero-order chi connectivity index (χ0) is 13.2. The van der Waals surface area contributed by atoms with Crippen molar-refractivity contribution in [1.82, 2.24) is 14.5 Å². The first-order valence-electron chi connectivity index (χ1n) is 7.10. The van der Waals surface area contributed by atoms with Crippen LogP contribution in [0.5, 0.6) is 0 Å². The molecule has 2 aliphatic rings. The van der Waals surface area contributed by atoms with E-state index in [2.05, 4.69) is 9.55 Å². The van der Waals surface area contributed by atoms with Gasteiger partial charge in [-0.05, 0) is 25.2 Å². The van der Waals surface area contributed by atoms with Crippen LogP contribution in [-0.2, 0) is 22.5 Å². The van der Waals surface area contributed by atoms with Crippen LogP contribution >= 0.6 is 0 Å². The van der Waals surface area contributed by atoms with Crippen LogP contribution in [0.4, 0.5) is 0 Å². The summed E-state index contributed by atoms with van der Waals surface area (Å²) in [7, 11) is 1.89. The normalized spacial score (nSPS) is 26.2. The standard InChI is InChI=1S/C14H21N3O2/c1-16(14(18)12-3-2-8-19-12)10-11-4-6-17-7-5-15-13(17)9-11/h5,7,11-12H,2-4,6,8-10H2,1H3/t11-,12+/m1/s1. The summed E-state index contributed by atoms with van der Waals surface area (Å²) in [4.78, 5) is 18.4. The van der Waals surface area contributed by atoms with Crippen molar-refractivity contribution in [1.29, 1.82) is 0 Å². The molecule has 19 heavy (non-hydrogen) atoms. The molecule has 0 saturated carbocycles. The van der Waals surface area contributed by atoms with Crippen LogP contribution < -0.4 is 0 Å². The summed E-state index contributed by atoms with van der Waals surface area (Å²) in [5.74, 6) is 1.81. The Morgan fingerprint density at radius 3 is 3.26 bits per heavy atom. The summed E-state index contributed by atoms with van der Waals surface area (Å²) in [5, 5.41) is 0. The van der Waals surface area contributed by atoms with Crippen molar-refractivity contribution in [3.8, 4) is 0 Å². The van der Waals surface area contributed by atoms with Crippen molar-refractivity contribution in [2.24, 2.45) is 5.92 Å². The second-order valence-corrected chi connectivity index (χ2v) is 5.62. The van der Waals surface area contributed by atoms with Crippen LogP contribution in [0.25, 0.3) is 0 Å². The van der Waals surface area contributed by atoms with Gasteiger partial charge in [-0.25, -0.2) is 4.98 Å². The van der Waals surface area contributed by atoms with Crippen LogP contribution in [0.2, 0.25) is 0 Å². The minimum Gasteiger partial charge on any atom is -0.368 e. The van der Waals surface area contributed by atoms with Gasteiger partial charge in [0.1, 0.15) is 11.9 Å². The molecule has 3 heterocycles. The highest BCUT2D eigenvalue weighted by molar-refractivity contribution is 5.80. The number of hydrogen-bond donors (Lipinski definition) is 0. The third-order valence-corrected chi connectivity index (χ3v) is 4.16.